The molecule has 4 rings (SSSR count). The number of nitrogens with zero attached hydrogens (tertiary/aromatic N) is 3. The molecular formula is C23H16F5N3O3. The standard InChI is InChI=1S/C23H16F5N3O3/c1-32-15-8-13-14(9-16(15)33-7-3-5-12-4-2-6-29-10-12)30-11-31-23(13)34-22-20(27)18(25)17(24)19(26)21(22)28/h2,4,6,8-11H,3,5,7H2,1H3. The van der Waals surface area contributed by atoms with Crippen molar-refractivity contribution in [2.24, 2.45) is 0 Å². The van der Waals surface area contributed by atoms with Gasteiger partial charge < -0.3 is 14.2 Å². The number of methoxy groups -OCH3 is 1. The first-order valence-corrected chi connectivity index (χ1v) is 9.94. The Bertz CT molecular complexity index is 1310. The first-order valence-electron chi connectivity index (χ1n) is 9.94. The molecule has 0 aliphatic rings. The van der Waals surface area contributed by atoms with Crippen LogP contribution >= 0.6 is 0 Å². The monoisotopic (exact) mass is 477 g/mol. The van der Waals surface area contributed by atoms with Gasteiger partial charge in [-0.05, 0) is 30.5 Å². The summed E-state index contributed by atoms with van der Waals surface area (Å²) < 4.78 is 84.6. The van der Waals surface area contributed by atoms with Gasteiger partial charge in [0.1, 0.15) is 6.33 Å². The second-order valence-electron chi connectivity index (χ2n) is 7.01. The van der Waals surface area contributed by atoms with Gasteiger partial charge in [-0.3, -0.25) is 4.98 Å². The van der Waals surface area contributed by atoms with Gasteiger partial charge in [0.2, 0.25) is 40.7 Å². The Balaban J connectivity index is 1.60. The number of pyridine rings is 1. The Morgan fingerprint density at radius 3 is 2.29 bits per heavy atom. The molecule has 2 aromatic heterocycles. The molecule has 0 bridgehead atoms. The molecule has 0 radical (unpaired) electrons. The summed E-state index contributed by atoms with van der Waals surface area (Å²) in [6.07, 6.45) is 5.89. The fourth-order valence-electron chi connectivity index (χ4n) is 3.17. The van der Waals surface area contributed by atoms with E-state index in [0.717, 1.165) is 18.3 Å². The zero-order chi connectivity index (χ0) is 24.2. The van der Waals surface area contributed by atoms with Crippen LogP contribution in [0.1, 0.15) is 12.0 Å². The third-order valence-electron chi connectivity index (χ3n) is 4.84. The second kappa shape index (κ2) is 9.86. The lowest BCUT2D eigenvalue weighted by atomic mass is 10.2. The fraction of sp³-hybridized carbons (Fsp3) is 0.174. The van der Waals surface area contributed by atoms with Crippen molar-refractivity contribution < 1.29 is 36.2 Å². The molecule has 2 aromatic carbocycles. The third kappa shape index (κ3) is 4.54. The lowest BCUT2D eigenvalue weighted by Crippen LogP contribution is -2.05. The molecule has 34 heavy (non-hydrogen) atoms. The van der Waals surface area contributed by atoms with Crippen molar-refractivity contribution in [2.45, 2.75) is 12.8 Å². The van der Waals surface area contributed by atoms with E-state index in [9.17, 15) is 22.0 Å². The van der Waals surface area contributed by atoms with Gasteiger partial charge in [-0.15, -0.1) is 0 Å². The quantitative estimate of drug-likeness (QED) is 0.144. The van der Waals surface area contributed by atoms with E-state index in [1.54, 1.807) is 12.4 Å². The van der Waals surface area contributed by atoms with Gasteiger partial charge in [0.25, 0.3) is 0 Å². The van der Waals surface area contributed by atoms with Gasteiger partial charge in [-0.25, -0.2) is 23.1 Å². The van der Waals surface area contributed by atoms with E-state index >= 15 is 0 Å². The lowest BCUT2D eigenvalue weighted by Gasteiger charge is -2.14. The van der Waals surface area contributed by atoms with Gasteiger partial charge in [-0.2, -0.15) is 8.78 Å². The molecule has 0 N–H and O–H groups in total. The van der Waals surface area contributed by atoms with Gasteiger partial charge in [0.15, 0.2) is 11.5 Å². The molecule has 0 aliphatic heterocycles. The summed E-state index contributed by atoms with van der Waals surface area (Å²) in [5.74, 6) is -12.2. The maximum absolute atomic E-state index is 14.1. The van der Waals surface area contributed by atoms with E-state index in [4.69, 9.17) is 14.2 Å². The Hall–Kier alpha value is -4.02. The van der Waals surface area contributed by atoms with Crippen LogP contribution in [-0.4, -0.2) is 28.7 Å². The summed E-state index contributed by atoms with van der Waals surface area (Å²) in [6, 6.07) is 6.67. The molecule has 0 aliphatic carbocycles. The Morgan fingerprint density at radius 2 is 1.62 bits per heavy atom. The first kappa shape index (κ1) is 23.1. The van der Waals surface area contributed by atoms with Crippen LogP contribution in [0.2, 0.25) is 0 Å². The minimum Gasteiger partial charge on any atom is -0.493 e. The number of rotatable bonds is 8. The molecule has 11 heteroatoms. The summed E-state index contributed by atoms with van der Waals surface area (Å²) >= 11 is 0. The molecule has 0 fully saturated rings. The SMILES string of the molecule is COc1cc2c(Oc3c(F)c(F)c(F)c(F)c3F)ncnc2cc1OCCCc1cccnc1. The molecule has 0 atom stereocenters. The number of fused-ring (bicyclic) bond motifs is 1. The van der Waals surface area contributed by atoms with E-state index in [0.29, 0.717) is 18.8 Å². The van der Waals surface area contributed by atoms with Crippen LogP contribution < -0.4 is 14.2 Å². The zero-order valence-electron chi connectivity index (χ0n) is 17.6. The topological polar surface area (TPSA) is 66.4 Å². The van der Waals surface area contributed by atoms with Gasteiger partial charge in [-0.1, -0.05) is 6.07 Å². The van der Waals surface area contributed by atoms with Crippen molar-refractivity contribution in [1.29, 1.82) is 0 Å². The number of aromatic nitrogens is 3. The number of halogens is 5. The highest BCUT2D eigenvalue weighted by atomic mass is 19.2. The van der Waals surface area contributed by atoms with Crippen molar-refractivity contribution >= 4 is 10.9 Å². The number of hydrogen-bond donors (Lipinski definition) is 0. The van der Waals surface area contributed by atoms with E-state index in [1.807, 2.05) is 12.1 Å². The van der Waals surface area contributed by atoms with E-state index in [2.05, 4.69) is 15.0 Å². The molecule has 0 saturated heterocycles. The number of aryl methyl sites for hydroxylation is 1. The smallest absolute Gasteiger partial charge is 0.230 e. The highest BCUT2D eigenvalue weighted by molar-refractivity contribution is 5.87. The Labute approximate surface area is 190 Å². The zero-order valence-corrected chi connectivity index (χ0v) is 17.6. The van der Waals surface area contributed by atoms with Crippen molar-refractivity contribution in [3.8, 4) is 23.1 Å². The minimum atomic E-state index is -2.29. The van der Waals surface area contributed by atoms with Crippen molar-refractivity contribution in [3.63, 3.8) is 0 Å². The predicted molar refractivity (Wildman–Crippen MR) is 110 cm³/mol. The molecule has 0 saturated carbocycles. The van der Waals surface area contributed by atoms with Crippen molar-refractivity contribution in [1.82, 2.24) is 15.0 Å². The molecule has 2 heterocycles. The van der Waals surface area contributed by atoms with Crippen molar-refractivity contribution in [2.75, 3.05) is 13.7 Å². The molecule has 0 spiro atoms. The van der Waals surface area contributed by atoms with Gasteiger partial charge >= 0.3 is 0 Å². The lowest BCUT2D eigenvalue weighted by molar-refractivity contribution is 0.290. The molecule has 6 nitrogen and oxygen atoms in total. The van der Waals surface area contributed by atoms with Crippen LogP contribution in [-0.2, 0) is 6.42 Å². The average Bonchev–Trinajstić information content (AvgIpc) is 2.87. The average molecular weight is 477 g/mol. The number of benzene rings is 2. The number of hydrogen-bond acceptors (Lipinski definition) is 6. The van der Waals surface area contributed by atoms with Crippen LogP contribution in [0, 0.1) is 29.1 Å². The molecule has 0 amide bonds. The molecule has 4 aromatic rings. The van der Waals surface area contributed by atoms with E-state index < -0.39 is 40.7 Å². The summed E-state index contributed by atoms with van der Waals surface area (Å²) in [5.41, 5.74) is 1.29. The van der Waals surface area contributed by atoms with E-state index in [-0.39, 0.29) is 16.7 Å². The highest BCUT2D eigenvalue weighted by Gasteiger charge is 2.28. The first-order chi connectivity index (χ1) is 16.4. The van der Waals surface area contributed by atoms with Gasteiger partial charge in [0.05, 0.1) is 24.6 Å². The van der Waals surface area contributed by atoms with Crippen LogP contribution in [0.4, 0.5) is 22.0 Å². The van der Waals surface area contributed by atoms with Crippen LogP contribution in [0.5, 0.6) is 23.1 Å². The fourth-order valence-corrected chi connectivity index (χ4v) is 3.17. The Morgan fingerprint density at radius 1 is 0.882 bits per heavy atom. The summed E-state index contributed by atoms with van der Waals surface area (Å²) in [7, 11) is 1.37. The second-order valence-corrected chi connectivity index (χ2v) is 7.01. The summed E-state index contributed by atoms with van der Waals surface area (Å²) in [6.45, 7) is 0.343. The molecule has 0 unspecified atom stereocenters. The third-order valence-corrected chi connectivity index (χ3v) is 4.84. The van der Waals surface area contributed by atoms with E-state index in [1.165, 1.54) is 19.2 Å². The van der Waals surface area contributed by atoms with Gasteiger partial charge in [0, 0.05) is 18.5 Å². The van der Waals surface area contributed by atoms with Crippen LogP contribution in [0.3, 0.4) is 0 Å². The largest absolute Gasteiger partial charge is 0.493 e. The molecule has 176 valence electrons. The summed E-state index contributed by atoms with van der Waals surface area (Å²) in [4.78, 5) is 11.9. The Kier molecular flexibility index (Phi) is 6.71. The van der Waals surface area contributed by atoms with Crippen LogP contribution in [0.25, 0.3) is 10.9 Å². The van der Waals surface area contributed by atoms with Crippen LogP contribution in [0.15, 0.2) is 43.0 Å². The normalized spacial score (nSPS) is 11.0. The maximum atomic E-state index is 14.1. The number of ether oxygens (including phenoxy) is 3. The molecular weight excluding hydrogens is 461 g/mol. The highest BCUT2D eigenvalue weighted by Crippen LogP contribution is 2.38. The summed E-state index contributed by atoms with van der Waals surface area (Å²) in [5, 5.41) is 0.103. The van der Waals surface area contributed by atoms with Crippen molar-refractivity contribution in [3.05, 3.63) is 77.6 Å². The predicted octanol–water partition coefficient (Wildman–Crippen LogP) is 5.53. The minimum absolute atomic E-state index is 0.103. The maximum Gasteiger partial charge on any atom is 0.230 e.